The van der Waals surface area contributed by atoms with Crippen molar-refractivity contribution in [2.24, 2.45) is 5.73 Å². The van der Waals surface area contributed by atoms with Crippen LogP contribution in [0, 0.1) is 0 Å². The standard InChI is InChI=1S/C17H22N2S/c1-19(11-13-7-8-20-12-13)17(10-18)16-4-2-3-15(9-16)14-5-6-14/h2-4,7-9,12,14,17H,5-6,10-11,18H2,1H3. The van der Waals surface area contributed by atoms with Gasteiger partial charge < -0.3 is 5.73 Å². The lowest BCUT2D eigenvalue weighted by Gasteiger charge is -2.27. The number of likely N-dealkylation sites (N-methyl/N-ethyl adjacent to an activating group) is 1. The van der Waals surface area contributed by atoms with Crippen molar-refractivity contribution in [3.05, 3.63) is 57.8 Å². The summed E-state index contributed by atoms with van der Waals surface area (Å²) in [5.74, 6) is 0.801. The minimum absolute atomic E-state index is 0.300. The van der Waals surface area contributed by atoms with Crippen LogP contribution < -0.4 is 5.73 Å². The molecule has 106 valence electrons. The summed E-state index contributed by atoms with van der Waals surface area (Å²) in [6.45, 7) is 1.62. The quantitative estimate of drug-likeness (QED) is 0.876. The van der Waals surface area contributed by atoms with Crippen molar-refractivity contribution < 1.29 is 0 Å². The molecule has 0 amide bonds. The second kappa shape index (κ2) is 6.08. The topological polar surface area (TPSA) is 29.3 Å². The normalized spacial score (nSPS) is 16.6. The Morgan fingerprint density at radius 2 is 2.20 bits per heavy atom. The highest BCUT2D eigenvalue weighted by Gasteiger charge is 2.24. The van der Waals surface area contributed by atoms with Gasteiger partial charge in [-0.25, -0.2) is 0 Å². The second-order valence-electron chi connectivity index (χ2n) is 5.74. The Hall–Kier alpha value is -1.16. The Bertz CT molecular complexity index is 546. The molecular weight excluding hydrogens is 264 g/mol. The van der Waals surface area contributed by atoms with Gasteiger partial charge in [0.2, 0.25) is 0 Å². The summed E-state index contributed by atoms with van der Waals surface area (Å²) in [5, 5.41) is 4.35. The molecule has 3 heteroatoms. The van der Waals surface area contributed by atoms with Crippen LogP contribution in [0.5, 0.6) is 0 Å². The third-order valence-corrected chi connectivity index (χ3v) is 4.84. The highest BCUT2D eigenvalue weighted by molar-refractivity contribution is 7.07. The van der Waals surface area contributed by atoms with E-state index in [2.05, 4.69) is 53.0 Å². The fourth-order valence-electron chi connectivity index (χ4n) is 2.79. The smallest absolute Gasteiger partial charge is 0.0471 e. The number of nitrogens with zero attached hydrogens (tertiary/aromatic N) is 1. The van der Waals surface area contributed by atoms with Crippen LogP contribution in [-0.4, -0.2) is 18.5 Å². The zero-order valence-corrected chi connectivity index (χ0v) is 12.8. The highest BCUT2D eigenvalue weighted by Crippen LogP contribution is 2.40. The van der Waals surface area contributed by atoms with Gasteiger partial charge >= 0.3 is 0 Å². The Labute approximate surface area is 125 Å². The molecular formula is C17H22N2S. The molecule has 1 aliphatic rings. The van der Waals surface area contributed by atoms with Gasteiger partial charge in [0.15, 0.2) is 0 Å². The molecule has 0 spiro atoms. The van der Waals surface area contributed by atoms with Crippen LogP contribution >= 0.6 is 11.3 Å². The Balaban J connectivity index is 1.76. The molecule has 1 saturated carbocycles. The van der Waals surface area contributed by atoms with Gasteiger partial charge in [-0.15, -0.1) is 0 Å². The van der Waals surface area contributed by atoms with Gasteiger partial charge in [-0.05, 0) is 59.3 Å². The largest absolute Gasteiger partial charge is 0.329 e. The van der Waals surface area contributed by atoms with Crippen molar-refractivity contribution in [3.8, 4) is 0 Å². The molecule has 0 bridgehead atoms. The fourth-order valence-corrected chi connectivity index (χ4v) is 3.45. The van der Waals surface area contributed by atoms with E-state index in [9.17, 15) is 0 Å². The highest BCUT2D eigenvalue weighted by atomic mass is 32.1. The number of hydrogen-bond donors (Lipinski definition) is 1. The first-order chi connectivity index (χ1) is 9.78. The lowest BCUT2D eigenvalue weighted by molar-refractivity contribution is 0.242. The second-order valence-corrected chi connectivity index (χ2v) is 6.52. The van der Waals surface area contributed by atoms with Crippen molar-refractivity contribution >= 4 is 11.3 Å². The summed E-state index contributed by atoms with van der Waals surface area (Å²) in [6.07, 6.45) is 2.70. The maximum atomic E-state index is 6.04. The molecule has 1 aromatic heterocycles. The van der Waals surface area contributed by atoms with Crippen LogP contribution in [0.25, 0.3) is 0 Å². The van der Waals surface area contributed by atoms with Crippen LogP contribution in [0.2, 0.25) is 0 Å². The maximum absolute atomic E-state index is 6.04. The van der Waals surface area contributed by atoms with Crippen molar-refractivity contribution in [1.82, 2.24) is 4.90 Å². The molecule has 3 rings (SSSR count). The summed E-state index contributed by atoms with van der Waals surface area (Å²) in [7, 11) is 2.17. The Morgan fingerprint density at radius 3 is 2.85 bits per heavy atom. The summed E-state index contributed by atoms with van der Waals surface area (Å²) in [4.78, 5) is 2.36. The molecule has 0 radical (unpaired) electrons. The van der Waals surface area contributed by atoms with E-state index in [0.717, 1.165) is 12.5 Å². The van der Waals surface area contributed by atoms with E-state index >= 15 is 0 Å². The van der Waals surface area contributed by atoms with E-state index in [1.165, 1.54) is 29.5 Å². The zero-order valence-electron chi connectivity index (χ0n) is 12.0. The van der Waals surface area contributed by atoms with Crippen molar-refractivity contribution in [2.75, 3.05) is 13.6 Å². The van der Waals surface area contributed by atoms with Gasteiger partial charge in [-0.1, -0.05) is 24.3 Å². The summed E-state index contributed by atoms with van der Waals surface area (Å²) >= 11 is 1.75. The first-order valence-corrected chi connectivity index (χ1v) is 8.23. The van der Waals surface area contributed by atoms with Gasteiger partial charge in [0, 0.05) is 19.1 Å². The average Bonchev–Trinajstić information content (AvgIpc) is 3.19. The molecule has 1 atom stereocenters. The SMILES string of the molecule is CN(Cc1ccsc1)C(CN)c1cccc(C2CC2)c1. The molecule has 0 aliphatic heterocycles. The fraction of sp³-hybridized carbons (Fsp3) is 0.412. The summed E-state index contributed by atoms with van der Waals surface area (Å²) in [5.41, 5.74) is 10.3. The monoisotopic (exact) mass is 286 g/mol. The third kappa shape index (κ3) is 3.11. The van der Waals surface area contributed by atoms with E-state index in [0.29, 0.717) is 12.6 Å². The van der Waals surface area contributed by atoms with E-state index < -0.39 is 0 Å². The van der Waals surface area contributed by atoms with Crippen LogP contribution in [0.3, 0.4) is 0 Å². The Morgan fingerprint density at radius 1 is 1.35 bits per heavy atom. The van der Waals surface area contributed by atoms with Gasteiger partial charge in [0.25, 0.3) is 0 Å². The van der Waals surface area contributed by atoms with Gasteiger partial charge in [-0.2, -0.15) is 11.3 Å². The molecule has 2 nitrogen and oxygen atoms in total. The van der Waals surface area contributed by atoms with E-state index in [1.807, 2.05) is 0 Å². The van der Waals surface area contributed by atoms with Crippen molar-refractivity contribution in [3.63, 3.8) is 0 Å². The Kier molecular flexibility index (Phi) is 4.20. The van der Waals surface area contributed by atoms with Crippen LogP contribution in [0.1, 0.15) is 41.5 Å². The van der Waals surface area contributed by atoms with E-state index in [1.54, 1.807) is 11.3 Å². The van der Waals surface area contributed by atoms with Crippen LogP contribution in [0.4, 0.5) is 0 Å². The van der Waals surface area contributed by atoms with Crippen molar-refractivity contribution in [1.29, 1.82) is 0 Å². The predicted molar refractivity (Wildman–Crippen MR) is 86.0 cm³/mol. The lowest BCUT2D eigenvalue weighted by Crippen LogP contribution is -2.30. The number of thiophene rings is 1. The molecule has 1 fully saturated rings. The molecule has 1 heterocycles. The lowest BCUT2D eigenvalue weighted by atomic mass is 10.0. The first kappa shape index (κ1) is 13.8. The number of hydrogen-bond acceptors (Lipinski definition) is 3. The van der Waals surface area contributed by atoms with Gasteiger partial charge in [0.1, 0.15) is 0 Å². The van der Waals surface area contributed by atoms with Gasteiger partial charge in [0.05, 0.1) is 0 Å². The number of benzene rings is 1. The molecule has 2 N–H and O–H groups in total. The van der Waals surface area contributed by atoms with E-state index in [-0.39, 0.29) is 0 Å². The van der Waals surface area contributed by atoms with E-state index in [4.69, 9.17) is 5.73 Å². The first-order valence-electron chi connectivity index (χ1n) is 7.29. The molecule has 1 aliphatic carbocycles. The molecule has 0 saturated heterocycles. The zero-order chi connectivity index (χ0) is 13.9. The molecule has 1 aromatic carbocycles. The third-order valence-electron chi connectivity index (χ3n) is 4.11. The van der Waals surface area contributed by atoms with Gasteiger partial charge in [-0.3, -0.25) is 4.90 Å². The summed E-state index contributed by atoms with van der Waals surface area (Å²) in [6, 6.07) is 11.5. The maximum Gasteiger partial charge on any atom is 0.0471 e. The molecule has 2 aromatic rings. The minimum Gasteiger partial charge on any atom is -0.329 e. The predicted octanol–water partition coefficient (Wildman–Crippen LogP) is 3.76. The number of rotatable bonds is 6. The average molecular weight is 286 g/mol. The molecule has 20 heavy (non-hydrogen) atoms. The molecule has 1 unspecified atom stereocenters. The van der Waals surface area contributed by atoms with Crippen LogP contribution in [0.15, 0.2) is 41.1 Å². The van der Waals surface area contributed by atoms with Crippen LogP contribution in [-0.2, 0) is 6.54 Å². The minimum atomic E-state index is 0.300. The number of nitrogens with two attached hydrogens (primary N) is 1. The van der Waals surface area contributed by atoms with Crippen molar-refractivity contribution in [2.45, 2.75) is 31.3 Å². The summed E-state index contributed by atoms with van der Waals surface area (Å²) < 4.78 is 0.